The van der Waals surface area contributed by atoms with E-state index in [1.807, 2.05) is 13.0 Å². The van der Waals surface area contributed by atoms with Crippen molar-refractivity contribution in [3.63, 3.8) is 0 Å². The summed E-state index contributed by atoms with van der Waals surface area (Å²) in [6.45, 7) is 3.92. The van der Waals surface area contributed by atoms with Crippen molar-refractivity contribution < 1.29 is 9.32 Å². The average Bonchev–Trinajstić information content (AvgIpc) is 3.06. The van der Waals surface area contributed by atoms with E-state index >= 15 is 0 Å². The van der Waals surface area contributed by atoms with Crippen LogP contribution in [-0.4, -0.2) is 29.1 Å². The summed E-state index contributed by atoms with van der Waals surface area (Å²) in [5.74, 6) is 0.269. The molecule has 0 bridgehead atoms. The number of anilines is 1. The summed E-state index contributed by atoms with van der Waals surface area (Å²) in [5.41, 5.74) is 2.26. The summed E-state index contributed by atoms with van der Waals surface area (Å²) in [7, 11) is 0. The molecule has 1 aliphatic carbocycles. The van der Waals surface area contributed by atoms with E-state index in [4.69, 9.17) is 4.52 Å². The van der Waals surface area contributed by atoms with Gasteiger partial charge in [-0.3, -0.25) is 4.79 Å². The summed E-state index contributed by atoms with van der Waals surface area (Å²) in [6.07, 6.45) is 4.85. The van der Waals surface area contributed by atoms with Gasteiger partial charge in [0, 0.05) is 5.92 Å². The molecule has 126 valence electrons. The summed E-state index contributed by atoms with van der Waals surface area (Å²) >= 11 is 0. The third-order valence-electron chi connectivity index (χ3n) is 4.88. The number of nitrogens with zero attached hydrogens (tertiary/aromatic N) is 2. The molecule has 1 amide bonds. The maximum Gasteiger partial charge on any atom is 0.258 e. The van der Waals surface area contributed by atoms with Crippen LogP contribution in [0, 0.1) is 18.3 Å². The molecule has 6 nitrogen and oxygen atoms in total. The largest absolute Gasteiger partial charge is 0.336 e. The number of carbonyl (C=O) groups is 1. The lowest BCUT2D eigenvalue weighted by atomic mass is 9.92. The highest BCUT2D eigenvalue weighted by Gasteiger charge is 2.57. The van der Waals surface area contributed by atoms with Gasteiger partial charge in [-0.15, -0.1) is 24.8 Å². The first-order valence-corrected chi connectivity index (χ1v) is 7.42. The predicted octanol–water partition coefficient (Wildman–Crippen LogP) is 2.70. The summed E-state index contributed by atoms with van der Waals surface area (Å²) in [4.78, 5) is 16.6. The van der Waals surface area contributed by atoms with Crippen molar-refractivity contribution in [1.82, 2.24) is 15.5 Å². The van der Waals surface area contributed by atoms with Gasteiger partial charge in [-0.1, -0.05) is 5.16 Å². The molecule has 2 aromatic heterocycles. The first kappa shape index (κ1) is 18.0. The molecule has 2 aliphatic rings. The lowest BCUT2D eigenvalue weighted by Crippen LogP contribution is -2.31. The van der Waals surface area contributed by atoms with Crippen molar-refractivity contribution in [3.8, 4) is 0 Å². The Labute approximate surface area is 146 Å². The Morgan fingerprint density at radius 3 is 2.87 bits per heavy atom. The number of fused-ring (bicyclic) bond motifs is 1. The number of aryl methyl sites for hydroxylation is 1. The zero-order chi connectivity index (χ0) is 14.4. The number of pyridine rings is 1. The molecular formula is C15H20Cl2N4O2. The van der Waals surface area contributed by atoms with Crippen molar-refractivity contribution in [3.05, 3.63) is 18.0 Å². The molecular weight excluding hydrogens is 339 g/mol. The van der Waals surface area contributed by atoms with Crippen molar-refractivity contribution >= 4 is 47.5 Å². The van der Waals surface area contributed by atoms with E-state index in [1.165, 1.54) is 0 Å². The topological polar surface area (TPSA) is 80.1 Å². The van der Waals surface area contributed by atoms with Gasteiger partial charge in [-0.25, -0.2) is 4.98 Å². The van der Waals surface area contributed by atoms with E-state index in [-0.39, 0.29) is 42.1 Å². The number of carbonyl (C=O) groups excluding carboxylic acids is 1. The molecule has 2 N–H and O–H groups in total. The minimum Gasteiger partial charge on any atom is -0.336 e. The number of hydrogen-bond donors (Lipinski definition) is 2. The molecule has 8 heteroatoms. The van der Waals surface area contributed by atoms with Gasteiger partial charge in [0.1, 0.15) is 0 Å². The van der Waals surface area contributed by atoms with Crippen LogP contribution in [-0.2, 0) is 4.79 Å². The summed E-state index contributed by atoms with van der Waals surface area (Å²) in [5, 5.41) is 11.1. The monoisotopic (exact) mass is 358 g/mol. The fraction of sp³-hybridized carbons (Fsp3) is 0.533. The van der Waals surface area contributed by atoms with Crippen LogP contribution in [0.2, 0.25) is 0 Å². The maximum atomic E-state index is 12.4. The van der Waals surface area contributed by atoms with Crippen LogP contribution in [0.1, 0.15) is 25.0 Å². The predicted molar refractivity (Wildman–Crippen MR) is 92.3 cm³/mol. The molecule has 2 aromatic rings. The Balaban J connectivity index is 0.000000960. The van der Waals surface area contributed by atoms with Gasteiger partial charge in [0.25, 0.3) is 5.71 Å². The zero-order valence-electron chi connectivity index (χ0n) is 12.8. The second kappa shape index (κ2) is 6.63. The first-order valence-electron chi connectivity index (χ1n) is 7.42. The molecule has 23 heavy (non-hydrogen) atoms. The third kappa shape index (κ3) is 3.16. The average molecular weight is 359 g/mol. The van der Waals surface area contributed by atoms with Crippen LogP contribution >= 0.6 is 24.8 Å². The maximum absolute atomic E-state index is 12.4. The van der Waals surface area contributed by atoms with E-state index in [0.29, 0.717) is 5.71 Å². The second-order valence-electron chi connectivity index (χ2n) is 6.20. The standard InChI is InChI=1S/C15H18N4O2.2ClH/c1-9-11-6-10(8-17-14(11)21-19-9)18-13(20)12-7-15(12)2-4-16-5-3-15;;/h6,8,12,16H,2-5,7H2,1H3,(H,18,20);2*1H. The van der Waals surface area contributed by atoms with Crippen LogP contribution in [0.4, 0.5) is 5.69 Å². The number of halogens is 2. The number of rotatable bonds is 2. The van der Waals surface area contributed by atoms with Gasteiger partial charge in [-0.2, -0.15) is 0 Å². The van der Waals surface area contributed by atoms with Gasteiger partial charge in [0.15, 0.2) is 0 Å². The molecule has 4 rings (SSSR count). The highest BCUT2D eigenvalue weighted by atomic mass is 35.5. The number of nitrogens with one attached hydrogen (secondary N) is 2. The zero-order valence-corrected chi connectivity index (χ0v) is 14.4. The van der Waals surface area contributed by atoms with Crippen LogP contribution in [0.15, 0.2) is 16.8 Å². The lowest BCUT2D eigenvalue weighted by Gasteiger charge is -2.23. The van der Waals surface area contributed by atoms with E-state index in [1.54, 1.807) is 6.20 Å². The second-order valence-corrected chi connectivity index (χ2v) is 6.20. The number of piperidine rings is 1. The Bertz CT molecular complexity index is 713. The van der Waals surface area contributed by atoms with Crippen LogP contribution in [0.5, 0.6) is 0 Å². The SMILES string of the molecule is Cc1noc2ncc(NC(=O)C3CC34CCNCC4)cc12.Cl.Cl. The highest BCUT2D eigenvalue weighted by Crippen LogP contribution is 2.58. The van der Waals surface area contributed by atoms with Crippen molar-refractivity contribution in [1.29, 1.82) is 0 Å². The summed E-state index contributed by atoms with van der Waals surface area (Å²) < 4.78 is 5.08. The third-order valence-corrected chi connectivity index (χ3v) is 4.88. The van der Waals surface area contributed by atoms with Crippen LogP contribution in [0.3, 0.4) is 0 Å². The summed E-state index contributed by atoms with van der Waals surface area (Å²) in [6, 6.07) is 1.88. The van der Waals surface area contributed by atoms with Gasteiger partial charge < -0.3 is 15.2 Å². The van der Waals surface area contributed by atoms with Crippen molar-refractivity contribution in [2.45, 2.75) is 26.2 Å². The normalized spacial score (nSPS) is 21.3. The molecule has 3 heterocycles. The molecule has 1 aliphatic heterocycles. The fourth-order valence-electron chi connectivity index (χ4n) is 3.44. The molecule has 0 aromatic carbocycles. The Morgan fingerprint density at radius 2 is 2.13 bits per heavy atom. The number of amides is 1. The van der Waals surface area contributed by atoms with E-state index in [0.717, 1.165) is 49.1 Å². The van der Waals surface area contributed by atoms with Gasteiger partial charge in [0.2, 0.25) is 5.91 Å². The number of hydrogen-bond acceptors (Lipinski definition) is 5. The molecule has 0 radical (unpaired) electrons. The Hall–Kier alpha value is -1.37. The first-order chi connectivity index (χ1) is 10.2. The van der Waals surface area contributed by atoms with Crippen LogP contribution in [0.25, 0.3) is 11.1 Å². The molecule has 1 saturated carbocycles. The lowest BCUT2D eigenvalue weighted by molar-refractivity contribution is -0.118. The molecule has 1 saturated heterocycles. The fourth-order valence-corrected chi connectivity index (χ4v) is 3.44. The quantitative estimate of drug-likeness (QED) is 0.862. The number of aromatic nitrogens is 2. The molecule has 1 spiro atoms. The van der Waals surface area contributed by atoms with E-state index < -0.39 is 0 Å². The van der Waals surface area contributed by atoms with Crippen LogP contribution < -0.4 is 10.6 Å². The van der Waals surface area contributed by atoms with Gasteiger partial charge in [0.05, 0.1) is 23.0 Å². The Kier molecular flexibility index (Phi) is 5.18. The minimum absolute atomic E-state index is 0. The highest BCUT2D eigenvalue weighted by molar-refractivity contribution is 5.96. The molecule has 1 unspecified atom stereocenters. The van der Waals surface area contributed by atoms with E-state index in [9.17, 15) is 4.79 Å². The van der Waals surface area contributed by atoms with Gasteiger partial charge >= 0.3 is 0 Å². The molecule has 2 fully saturated rings. The molecule has 1 atom stereocenters. The van der Waals surface area contributed by atoms with Crippen molar-refractivity contribution in [2.24, 2.45) is 11.3 Å². The minimum atomic E-state index is 0. The Morgan fingerprint density at radius 1 is 1.39 bits per heavy atom. The van der Waals surface area contributed by atoms with E-state index in [2.05, 4.69) is 20.8 Å². The smallest absolute Gasteiger partial charge is 0.258 e. The van der Waals surface area contributed by atoms with Crippen molar-refractivity contribution in [2.75, 3.05) is 18.4 Å². The van der Waals surface area contributed by atoms with Gasteiger partial charge in [-0.05, 0) is 50.8 Å².